The lowest BCUT2D eigenvalue weighted by atomic mass is 9.81. The highest BCUT2D eigenvalue weighted by atomic mass is 16.9. The van der Waals surface area contributed by atoms with Crippen LogP contribution in [0.4, 0.5) is 0 Å². The molecule has 9 nitrogen and oxygen atoms in total. The van der Waals surface area contributed by atoms with Gasteiger partial charge in [-0.15, -0.1) is 0 Å². The van der Waals surface area contributed by atoms with Crippen molar-refractivity contribution >= 4 is 17.9 Å². The first-order valence-corrected chi connectivity index (χ1v) is 8.03. The lowest BCUT2D eigenvalue weighted by Crippen LogP contribution is -2.56. The molecule has 0 bridgehead atoms. The molecular weight excluding hydrogens is 336 g/mol. The summed E-state index contributed by atoms with van der Waals surface area (Å²) < 4.78 is 32.6. The molecule has 0 aromatic heterocycles. The standard InChI is InChI=1S/C16H24O9/c1-8(17)21-7-11-6-12-14(25-16(4,20-5)24-12)15(23-10(3)19)13(11)22-9(2)18/h11-15H,6-7H2,1-5H3/t11-,12+,13+,14+,15+,16+/m1/s1. The van der Waals surface area contributed by atoms with Gasteiger partial charge in [-0.1, -0.05) is 0 Å². The molecule has 2 rings (SSSR count). The van der Waals surface area contributed by atoms with Gasteiger partial charge in [-0.2, -0.15) is 0 Å². The smallest absolute Gasteiger partial charge is 0.303 e. The number of ether oxygens (including phenoxy) is 6. The van der Waals surface area contributed by atoms with E-state index in [0.717, 1.165) is 0 Å². The number of carbonyl (C=O) groups excluding carboxylic acids is 3. The molecule has 0 unspecified atom stereocenters. The molecule has 0 N–H and O–H groups in total. The lowest BCUT2D eigenvalue weighted by molar-refractivity contribution is -0.321. The maximum absolute atomic E-state index is 11.6. The SMILES string of the molecule is CO[C@]1(C)O[C@@H]2[C@@H](OC(C)=O)[C@@H](OC(C)=O)[C@@H](COC(C)=O)C[C@@H]2O1. The molecule has 142 valence electrons. The number of hydrogen-bond acceptors (Lipinski definition) is 9. The Balaban J connectivity index is 2.29. The normalized spacial score (nSPS) is 37.1. The summed E-state index contributed by atoms with van der Waals surface area (Å²) in [6, 6.07) is 0. The Morgan fingerprint density at radius 2 is 1.60 bits per heavy atom. The van der Waals surface area contributed by atoms with Crippen molar-refractivity contribution in [2.24, 2.45) is 5.92 Å². The van der Waals surface area contributed by atoms with Crippen molar-refractivity contribution in [1.29, 1.82) is 0 Å². The van der Waals surface area contributed by atoms with Crippen molar-refractivity contribution in [1.82, 2.24) is 0 Å². The van der Waals surface area contributed by atoms with Gasteiger partial charge >= 0.3 is 17.9 Å². The molecule has 1 saturated heterocycles. The van der Waals surface area contributed by atoms with E-state index in [1.54, 1.807) is 6.92 Å². The molecule has 9 heteroatoms. The van der Waals surface area contributed by atoms with Crippen molar-refractivity contribution in [3.05, 3.63) is 0 Å². The molecule has 0 spiro atoms. The molecule has 1 saturated carbocycles. The number of esters is 3. The van der Waals surface area contributed by atoms with Gasteiger partial charge in [0.25, 0.3) is 5.97 Å². The number of fused-ring (bicyclic) bond motifs is 1. The van der Waals surface area contributed by atoms with Crippen LogP contribution < -0.4 is 0 Å². The van der Waals surface area contributed by atoms with Gasteiger partial charge < -0.3 is 28.4 Å². The van der Waals surface area contributed by atoms with Crippen LogP contribution in [-0.2, 0) is 42.8 Å². The van der Waals surface area contributed by atoms with Gasteiger partial charge in [0, 0.05) is 40.7 Å². The van der Waals surface area contributed by atoms with E-state index in [0.29, 0.717) is 6.42 Å². The van der Waals surface area contributed by atoms with Gasteiger partial charge in [-0.05, 0) is 6.42 Å². The summed E-state index contributed by atoms with van der Waals surface area (Å²) in [6.07, 6.45) is -2.50. The molecule has 1 aliphatic heterocycles. The Labute approximate surface area is 145 Å². The highest BCUT2D eigenvalue weighted by Gasteiger charge is 2.58. The van der Waals surface area contributed by atoms with Crippen molar-refractivity contribution in [3.8, 4) is 0 Å². The minimum absolute atomic E-state index is 0.00131. The fraction of sp³-hybridized carbons (Fsp3) is 0.812. The molecule has 25 heavy (non-hydrogen) atoms. The second kappa shape index (κ2) is 7.67. The summed E-state index contributed by atoms with van der Waals surface area (Å²) in [6.45, 7) is 5.39. The predicted octanol–water partition coefficient (Wildman–Crippen LogP) is 0.537. The Bertz CT molecular complexity index is 534. The van der Waals surface area contributed by atoms with Gasteiger partial charge in [0.05, 0.1) is 12.7 Å². The molecule has 0 aromatic carbocycles. The topological polar surface area (TPSA) is 107 Å². The fourth-order valence-corrected chi connectivity index (χ4v) is 3.21. The third-order valence-corrected chi connectivity index (χ3v) is 4.20. The Hall–Kier alpha value is -1.71. The van der Waals surface area contributed by atoms with Gasteiger partial charge in [0.2, 0.25) is 0 Å². The molecule has 1 heterocycles. The van der Waals surface area contributed by atoms with Crippen molar-refractivity contribution in [2.75, 3.05) is 13.7 Å². The summed E-state index contributed by atoms with van der Waals surface area (Å²) in [4.78, 5) is 34.3. The minimum Gasteiger partial charge on any atom is -0.465 e. The largest absolute Gasteiger partial charge is 0.465 e. The third kappa shape index (κ3) is 4.68. The van der Waals surface area contributed by atoms with E-state index in [-0.39, 0.29) is 6.61 Å². The van der Waals surface area contributed by atoms with Crippen molar-refractivity contribution in [3.63, 3.8) is 0 Å². The minimum atomic E-state index is -1.30. The van der Waals surface area contributed by atoms with Crippen molar-refractivity contribution < 1.29 is 42.8 Å². The zero-order valence-electron chi connectivity index (χ0n) is 15.0. The van der Waals surface area contributed by atoms with Crippen LogP contribution in [-0.4, -0.2) is 62.0 Å². The highest BCUT2D eigenvalue weighted by Crippen LogP contribution is 2.42. The number of rotatable bonds is 5. The molecule has 0 amide bonds. The molecule has 0 aromatic rings. The van der Waals surface area contributed by atoms with Gasteiger partial charge in [0.1, 0.15) is 12.2 Å². The summed E-state index contributed by atoms with van der Waals surface area (Å²) in [5, 5.41) is 0. The first kappa shape index (κ1) is 19.6. The average Bonchev–Trinajstić information content (AvgIpc) is 2.84. The van der Waals surface area contributed by atoms with Crippen LogP contribution in [0.3, 0.4) is 0 Å². The molecule has 2 aliphatic rings. The van der Waals surface area contributed by atoms with Gasteiger partial charge in [-0.3, -0.25) is 14.4 Å². The number of methoxy groups -OCH3 is 1. The highest BCUT2D eigenvalue weighted by molar-refractivity contribution is 5.67. The summed E-state index contributed by atoms with van der Waals surface area (Å²) in [5.41, 5.74) is 0. The van der Waals surface area contributed by atoms with Crippen LogP contribution in [0.5, 0.6) is 0 Å². The van der Waals surface area contributed by atoms with E-state index >= 15 is 0 Å². The second-order valence-corrected chi connectivity index (χ2v) is 6.25. The number of hydrogen-bond donors (Lipinski definition) is 0. The van der Waals surface area contributed by atoms with E-state index in [1.165, 1.54) is 27.9 Å². The van der Waals surface area contributed by atoms with E-state index in [2.05, 4.69) is 0 Å². The van der Waals surface area contributed by atoms with Crippen LogP contribution in [0.25, 0.3) is 0 Å². The van der Waals surface area contributed by atoms with E-state index in [4.69, 9.17) is 28.4 Å². The Morgan fingerprint density at radius 3 is 2.12 bits per heavy atom. The monoisotopic (exact) mass is 360 g/mol. The van der Waals surface area contributed by atoms with Crippen LogP contribution in [0, 0.1) is 5.92 Å². The molecule has 1 aliphatic carbocycles. The summed E-state index contributed by atoms with van der Waals surface area (Å²) in [5.74, 6) is -3.27. The Kier molecular flexibility index (Phi) is 6.02. The summed E-state index contributed by atoms with van der Waals surface area (Å²) >= 11 is 0. The average molecular weight is 360 g/mol. The maximum atomic E-state index is 11.6. The van der Waals surface area contributed by atoms with E-state index < -0.39 is 54.2 Å². The zero-order chi connectivity index (χ0) is 18.8. The summed E-state index contributed by atoms with van der Waals surface area (Å²) in [7, 11) is 1.43. The van der Waals surface area contributed by atoms with E-state index in [9.17, 15) is 14.4 Å². The van der Waals surface area contributed by atoms with E-state index in [1.807, 2.05) is 0 Å². The first-order valence-electron chi connectivity index (χ1n) is 8.03. The van der Waals surface area contributed by atoms with Gasteiger partial charge in [-0.25, -0.2) is 0 Å². The molecule has 2 fully saturated rings. The third-order valence-electron chi connectivity index (χ3n) is 4.20. The lowest BCUT2D eigenvalue weighted by Gasteiger charge is -2.40. The fourth-order valence-electron chi connectivity index (χ4n) is 3.21. The zero-order valence-corrected chi connectivity index (χ0v) is 15.0. The molecule has 6 atom stereocenters. The van der Waals surface area contributed by atoms with Gasteiger partial charge in [0.15, 0.2) is 6.10 Å². The predicted molar refractivity (Wildman–Crippen MR) is 81.0 cm³/mol. The second-order valence-electron chi connectivity index (χ2n) is 6.25. The van der Waals surface area contributed by atoms with Crippen LogP contribution in [0.2, 0.25) is 0 Å². The van der Waals surface area contributed by atoms with Crippen LogP contribution >= 0.6 is 0 Å². The Morgan fingerprint density at radius 1 is 1.00 bits per heavy atom. The molecular formula is C16H24O9. The van der Waals surface area contributed by atoms with Crippen LogP contribution in [0.15, 0.2) is 0 Å². The molecule has 0 radical (unpaired) electrons. The van der Waals surface area contributed by atoms with Crippen LogP contribution in [0.1, 0.15) is 34.1 Å². The van der Waals surface area contributed by atoms with Crippen molar-refractivity contribution in [2.45, 2.75) is 64.5 Å². The number of carbonyl (C=O) groups is 3. The quantitative estimate of drug-likeness (QED) is 0.513. The first-order chi connectivity index (χ1) is 11.6. The maximum Gasteiger partial charge on any atom is 0.303 e.